The normalized spacial score (nSPS) is 13.1. The molecule has 2 N–H and O–H groups in total. The van der Waals surface area contributed by atoms with Crippen LogP contribution in [0.15, 0.2) is 66.9 Å². The van der Waals surface area contributed by atoms with Crippen molar-refractivity contribution in [3.8, 4) is 17.4 Å². The Bertz CT molecular complexity index is 1730. The molecule has 0 spiro atoms. The summed E-state index contributed by atoms with van der Waals surface area (Å²) < 4.78 is 12.6. The summed E-state index contributed by atoms with van der Waals surface area (Å²) in [7, 11) is 1.82. The third-order valence-electron chi connectivity index (χ3n) is 8.36. The maximum atomic E-state index is 13.6. The molecule has 246 valence electrons. The number of rotatable bonds is 12. The lowest BCUT2D eigenvalue weighted by atomic mass is 10.0. The summed E-state index contributed by atoms with van der Waals surface area (Å²) in [6.07, 6.45) is 2.19. The molecule has 0 saturated heterocycles. The van der Waals surface area contributed by atoms with Crippen LogP contribution < -0.4 is 20.1 Å². The smallest absolute Gasteiger partial charge is 0.262 e. The fourth-order valence-electron chi connectivity index (χ4n) is 5.60. The van der Waals surface area contributed by atoms with Crippen molar-refractivity contribution in [2.24, 2.45) is 0 Å². The van der Waals surface area contributed by atoms with Gasteiger partial charge in [0.15, 0.2) is 11.5 Å². The van der Waals surface area contributed by atoms with E-state index >= 15 is 0 Å². The van der Waals surface area contributed by atoms with Crippen LogP contribution in [0.5, 0.6) is 17.4 Å². The highest BCUT2D eigenvalue weighted by atomic mass is 16.5. The number of fused-ring (bicyclic) bond motifs is 1. The molecule has 47 heavy (non-hydrogen) atoms. The molecule has 0 atom stereocenters. The number of hydrogen-bond donors (Lipinski definition) is 2. The van der Waals surface area contributed by atoms with E-state index in [-0.39, 0.29) is 28.9 Å². The zero-order valence-corrected chi connectivity index (χ0v) is 28.3. The zero-order chi connectivity index (χ0) is 33.7. The number of ether oxygens (including phenoxy) is 2. The second-order valence-corrected chi connectivity index (χ2v) is 12.5. The van der Waals surface area contributed by atoms with Gasteiger partial charge < -0.3 is 29.9 Å². The molecule has 0 fully saturated rings. The topological polar surface area (TPSA) is 109 Å². The van der Waals surface area contributed by atoms with Crippen molar-refractivity contribution in [3.05, 3.63) is 94.7 Å². The largest absolute Gasteiger partial charge is 0.483 e. The van der Waals surface area contributed by atoms with Crippen LogP contribution in [-0.4, -0.2) is 70.4 Å². The fourth-order valence-corrected chi connectivity index (χ4v) is 5.60. The van der Waals surface area contributed by atoms with Gasteiger partial charge in [-0.3, -0.25) is 9.59 Å². The molecule has 4 aromatic rings. The first-order chi connectivity index (χ1) is 22.5. The van der Waals surface area contributed by atoms with Gasteiger partial charge >= 0.3 is 0 Å². The number of aromatic nitrogens is 2. The SMILES string of the molecule is CCN(CC)CCN(C)C(=O)c1ccc(Nc2ncc(C(=O)Nc3c(C)cccc3C)c(Oc3cccc4c3OC(C)(C)C4)n2)cc1. The Kier molecular flexibility index (Phi) is 10.1. The highest BCUT2D eigenvalue weighted by Gasteiger charge is 2.33. The minimum absolute atomic E-state index is 0.0457. The lowest BCUT2D eigenvalue weighted by Gasteiger charge is -2.23. The van der Waals surface area contributed by atoms with Crippen LogP contribution in [0.2, 0.25) is 0 Å². The summed E-state index contributed by atoms with van der Waals surface area (Å²) >= 11 is 0. The summed E-state index contributed by atoms with van der Waals surface area (Å²) in [6, 6.07) is 18.7. The molecular weight excluding hydrogens is 592 g/mol. The van der Waals surface area contributed by atoms with Gasteiger partial charge in [-0.2, -0.15) is 4.98 Å². The maximum absolute atomic E-state index is 13.6. The van der Waals surface area contributed by atoms with Gasteiger partial charge in [-0.25, -0.2) is 4.98 Å². The van der Waals surface area contributed by atoms with Gasteiger partial charge in [0.25, 0.3) is 11.8 Å². The second-order valence-electron chi connectivity index (χ2n) is 12.5. The molecule has 2 heterocycles. The molecule has 1 aromatic heterocycles. The van der Waals surface area contributed by atoms with E-state index in [1.165, 1.54) is 6.20 Å². The predicted molar refractivity (Wildman–Crippen MR) is 185 cm³/mol. The fraction of sp³-hybridized carbons (Fsp3) is 0.351. The van der Waals surface area contributed by atoms with E-state index in [1.807, 2.05) is 65.1 Å². The molecule has 2 amide bonds. The van der Waals surface area contributed by atoms with Gasteiger partial charge in [-0.15, -0.1) is 0 Å². The maximum Gasteiger partial charge on any atom is 0.262 e. The number of hydrogen-bond acceptors (Lipinski definition) is 8. The van der Waals surface area contributed by atoms with E-state index in [0.29, 0.717) is 29.3 Å². The van der Waals surface area contributed by atoms with Gasteiger partial charge in [-0.1, -0.05) is 44.2 Å². The van der Waals surface area contributed by atoms with Crippen LogP contribution in [0.3, 0.4) is 0 Å². The summed E-state index contributed by atoms with van der Waals surface area (Å²) in [4.78, 5) is 39.8. The van der Waals surface area contributed by atoms with E-state index < -0.39 is 5.91 Å². The number of carbonyl (C=O) groups is 2. The Morgan fingerprint density at radius 1 is 0.957 bits per heavy atom. The van der Waals surface area contributed by atoms with Crippen molar-refractivity contribution >= 4 is 29.1 Å². The number of aryl methyl sites for hydroxylation is 2. The lowest BCUT2D eigenvalue weighted by Crippen LogP contribution is -2.36. The minimum Gasteiger partial charge on any atom is -0.483 e. The number of carbonyl (C=O) groups excluding carboxylic acids is 2. The number of para-hydroxylation sites is 2. The molecule has 10 nitrogen and oxygen atoms in total. The van der Waals surface area contributed by atoms with Crippen LogP contribution in [0.4, 0.5) is 17.3 Å². The van der Waals surface area contributed by atoms with Crippen LogP contribution >= 0.6 is 0 Å². The first-order valence-electron chi connectivity index (χ1n) is 16.1. The average Bonchev–Trinajstić information content (AvgIpc) is 3.38. The quantitative estimate of drug-likeness (QED) is 0.171. The minimum atomic E-state index is -0.397. The Labute approximate surface area is 277 Å². The van der Waals surface area contributed by atoms with Crippen LogP contribution in [0.25, 0.3) is 0 Å². The van der Waals surface area contributed by atoms with Crippen molar-refractivity contribution < 1.29 is 19.1 Å². The molecule has 3 aromatic carbocycles. The molecule has 0 unspecified atom stereocenters. The van der Waals surface area contributed by atoms with E-state index in [4.69, 9.17) is 9.47 Å². The van der Waals surface area contributed by atoms with E-state index in [1.54, 1.807) is 35.2 Å². The Hall–Kier alpha value is -4.96. The molecule has 0 bridgehead atoms. The third kappa shape index (κ3) is 7.89. The number of amides is 2. The van der Waals surface area contributed by atoms with Crippen LogP contribution in [0.1, 0.15) is 65.1 Å². The molecule has 0 aliphatic carbocycles. The van der Waals surface area contributed by atoms with E-state index in [2.05, 4.69) is 39.3 Å². The number of nitrogens with one attached hydrogen (secondary N) is 2. The number of likely N-dealkylation sites (N-methyl/N-ethyl adjacent to an activating group) is 2. The standard InChI is InChI=1S/C37H44N6O4/c1-8-43(9-2)21-20-42(7)35(45)26-16-18-28(19-17-26)39-36-38-23-29(33(44)40-31-24(3)12-10-13-25(31)4)34(41-36)46-30-15-11-14-27-22-37(5,6)47-32(27)30/h10-19,23H,8-9,20-22H2,1-7H3,(H,40,44)(H,38,39,41). The molecule has 1 aliphatic rings. The van der Waals surface area contributed by atoms with Crippen molar-refractivity contribution in [1.82, 2.24) is 19.8 Å². The molecule has 1 aliphatic heterocycles. The van der Waals surface area contributed by atoms with Gasteiger partial charge in [0, 0.05) is 55.3 Å². The highest BCUT2D eigenvalue weighted by Crippen LogP contribution is 2.43. The molecule has 0 radical (unpaired) electrons. The van der Waals surface area contributed by atoms with Crippen LogP contribution in [-0.2, 0) is 6.42 Å². The van der Waals surface area contributed by atoms with Gasteiger partial charge in [0.1, 0.15) is 11.2 Å². The van der Waals surface area contributed by atoms with Crippen LogP contribution in [0, 0.1) is 13.8 Å². The average molecular weight is 637 g/mol. The first kappa shape index (κ1) is 33.4. The first-order valence-corrected chi connectivity index (χ1v) is 16.1. The Morgan fingerprint density at radius 3 is 2.32 bits per heavy atom. The summed E-state index contributed by atoms with van der Waals surface area (Å²) in [5.74, 6) is 0.963. The lowest BCUT2D eigenvalue weighted by molar-refractivity contribution is 0.0779. The summed E-state index contributed by atoms with van der Waals surface area (Å²) in [5, 5.41) is 6.20. The highest BCUT2D eigenvalue weighted by molar-refractivity contribution is 6.06. The van der Waals surface area contributed by atoms with E-state index in [0.717, 1.165) is 48.4 Å². The monoisotopic (exact) mass is 636 g/mol. The van der Waals surface area contributed by atoms with Crippen molar-refractivity contribution in [3.63, 3.8) is 0 Å². The molecule has 0 saturated carbocycles. The van der Waals surface area contributed by atoms with Gasteiger partial charge in [-0.05, 0) is 82.2 Å². The zero-order valence-electron chi connectivity index (χ0n) is 28.3. The Morgan fingerprint density at radius 2 is 1.64 bits per heavy atom. The summed E-state index contributed by atoms with van der Waals surface area (Å²) in [5.41, 5.74) is 4.68. The molecule has 10 heteroatoms. The third-order valence-corrected chi connectivity index (χ3v) is 8.36. The number of benzene rings is 3. The van der Waals surface area contributed by atoms with Crippen molar-refractivity contribution in [1.29, 1.82) is 0 Å². The number of anilines is 3. The van der Waals surface area contributed by atoms with Crippen molar-refractivity contribution in [2.45, 2.75) is 53.6 Å². The Balaban J connectivity index is 1.39. The van der Waals surface area contributed by atoms with Crippen molar-refractivity contribution in [2.75, 3.05) is 43.9 Å². The van der Waals surface area contributed by atoms with Gasteiger partial charge in [0.05, 0.1) is 0 Å². The molecular formula is C37H44N6O4. The van der Waals surface area contributed by atoms with E-state index in [9.17, 15) is 9.59 Å². The summed E-state index contributed by atoms with van der Waals surface area (Å²) in [6.45, 7) is 15.5. The predicted octanol–water partition coefficient (Wildman–Crippen LogP) is 7.01. The van der Waals surface area contributed by atoms with Gasteiger partial charge in [0.2, 0.25) is 11.8 Å². The molecule has 5 rings (SSSR count). The number of nitrogens with zero attached hydrogens (tertiary/aromatic N) is 4. The second kappa shape index (κ2) is 14.2.